The first-order chi connectivity index (χ1) is 9.80. The first-order valence-electron chi connectivity index (χ1n) is 6.33. The predicted octanol–water partition coefficient (Wildman–Crippen LogP) is 3.73. The van der Waals surface area contributed by atoms with Crippen molar-refractivity contribution in [2.45, 2.75) is 6.42 Å². The molecule has 2 aromatic carbocycles. The smallest absolute Gasteiger partial charge is 0.168 e. The number of hydrogen-bond donors (Lipinski definition) is 1. The largest absolute Gasteiger partial charge is 0.493 e. The molecule has 0 fully saturated rings. The van der Waals surface area contributed by atoms with Crippen LogP contribution in [0.15, 0.2) is 35.4 Å². The van der Waals surface area contributed by atoms with E-state index in [1.807, 2.05) is 30.3 Å². The number of benzene rings is 2. The van der Waals surface area contributed by atoms with E-state index in [-0.39, 0.29) is 12.4 Å². The van der Waals surface area contributed by atoms with Gasteiger partial charge in [-0.2, -0.15) is 5.10 Å². The van der Waals surface area contributed by atoms with Gasteiger partial charge in [0, 0.05) is 10.7 Å². The van der Waals surface area contributed by atoms with E-state index in [4.69, 9.17) is 15.3 Å². The van der Waals surface area contributed by atoms with Crippen LogP contribution in [0.4, 0.5) is 0 Å². The van der Waals surface area contributed by atoms with Crippen LogP contribution in [-0.2, 0) is 0 Å². The minimum Gasteiger partial charge on any atom is -0.493 e. The van der Waals surface area contributed by atoms with Crippen LogP contribution in [0.2, 0.25) is 0 Å². The molecule has 0 saturated carbocycles. The van der Waals surface area contributed by atoms with Gasteiger partial charge in [-0.3, -0.25) is 0 Å². The lowest BCUT2D eigenvalue weighted by Gasteiger charge is -2.13. The number of ether oxygens (including phenoxy) is 2. The summed E-state index contributed by atoms with van der Waals surface area (Å²) in [7, 11) is 1.64. The van der Waals surface area contributed by atoms with E-state index in [9.17, 15) is 0 Å². The van der Waals surface area contributed by atoms with Gasteiger partial charge < -0.3 is 15.3 Å². The van der Waals surface area contributed by atoms with Crippen LogP contribution in [0.5, 0.6) is 11.5 Å². The third-order valence-corrected chi connectivity index (χ3v) is 3.49. The highest BCUT2D eigenvalue weighted by molar-refractivity contribution is 9.09. The van der Waals surface area contributed by atoms with Crippen molar-refractivity contribution in [2.75, 3.05) is 19.0 Å². The first kappa shape index (κ1) is 17.6. The van der Waals surface area contributed by atoms with Crippen molar-refractivity contribution in [3.05, 3.63) is 35.9 Å². The maximum Gasteiger partial charge on any atom is 0.168 e. The molecule has 0 aromatic heterocycles. The molecule has 0 heterocycles. The summed E-state index contributed by atoms with van der Waals surface area (Å²) in [6.45, 7) is 0.635. The molecule has 21 heavy (non-hydrogen) atoms. The van der Waals surface area contributed by atoms with Crippen LogP contribution in [0, 0.1) is 0 Å². The number of fused-ring (bicyclic) bond motifs is 1. The van der Waals surface area contributed by atoms with Crippen molar-refractivity contribution >= 4 is 45.3 Å². The Balaban J connectivity index is 0.00000220. The summed E-state index contributed by atoms with van der Waals surface area (Å²) in [5, 5.41) is 6.55. The lowest BCUT2D eigenvalue weighted by atomic mass is 10.1. The summed E-state index contributed by atoms with van der Waals surface area (Å²) in [6, 6.07) is 9.91. The summed E-state index contributed by atoms with van der Waals surface area (Å²) in [4.78, 5) is 0. The lowest BCUT2D eigenvalue weighted by molar-refractivity contribution is 0.299. The quantitative estimate of drug-likeness (QED) is 0.276. The van der Waals surface area contributed by atoms with Crippen molar-refractivity contribution in [3.63, 3.8) is 0 Å². The Bertz CT molecular complexity index is 620. The van der Waals surface area contributed by atoms with Gasteiger partial charge in [0.2, 0.25) is 0 Å². The average Bonchev–Trinajstić information content (AvgIpc) is 2.48. The van der Waals surface area contributed by atoms with E-state index >= 15 is 0 Å². The van der Waals surface area contributed by atoms with Crippen LogP contribution in [0.3, 0.4) is 0 Å². The topological polar surface area (TPSA) is 56.8 Å². The monoisotopic (exact) mass is 372 g/mol. The molecular weight excluding hydrogens is 356 g/mol. The van der Waals surface area contributed by atoms with Crippen LogP contribution >= 0.6 is 28.3 Å². The van der Waals surface area contributed by atoms with Gasteiger partial charge >= 0.3 is 0 Å². The second-order valence-corrected chi connectivity index (χ2v) is 5.04. The van der Waals surface area contributed by atoms with Gasteiger partial charge in [0.15, 0.2) is 11.5 Å². The molecule has 0 aliphatic carbocycles. The van der Waals surface area contributed by atoms with E-state index in [1.165, 1.54) is 0 Å². The summed E-state index contributed by atoms with van der Waals surface area (Å²) < 4.78 is 11.3. The lowest BCUT2D eigenvalue weighted by Crippen LogP contribution is -2.00. The fraction of sp³-hybridized carbons (Fsp3) is 0.267. The molecule has 114 valence electrons. The first-order valence-corrected chi connectivity index (χ1v) is 7.45. The van der Waals surface area contributed by atoms with Crippen molar-refractivity contribution in [1.82, 2.24) is 0 Å². The Morgan fingerprint density at radius 3 is 2.71 bits per heavy atom. The van der Waals surface area contributed by atoms with Crippen molar-refractivity contribution in [3.8, 4) is 11.5 Å². The molecule has 0 spiro atoms. The molecule has 0 atom stereocenters. The van der Waals surface area contributed by atoms with E-state index in [0.29, 0.717) is 6.61 Å². The molecule has 2 rings (SSSR count). The highest BCUT2D eigenvalue weighted by atomic mass is 79.9. The van der Waals surface area contributed by atoms with Crippen LogP contribution in [0.1, 0.15) is 12.0 Å². The molecule has 2 N–H and O–H groups in total. The minimum atomic E-state index is 0. The Kier molecular flexibility index (Phi) is 7.32. The Morgan fingerprint density at radius 2 is 2.05 bits per heavy atom. The Labute approximate surface area is 138 Å². The number of hydrogen-bond acceptors (Lipinski definition) is 4. The Morgan fingerprint density at radius 1 is 1.29 bits per heavy atom. The zero-order valence-electron chi connectivity index (χ0n) is 11.7. The molecule has 0 unspecified atom stereocenters. The molecule has 6 heteroatoms. The SMILES string of the molecule is COc1ccc2ccc(/C=N\N)cc2c1OCCCBr.Cl. The molecule has 0 saturated heterocycles. The van der Waals surface area contributed by atoms with Gasteiger partial charge in [-0.15, -0.1) is 12.4 Å². The maximum absolute atomic E-state index is 5.88. The number of alkyl halides is 1. The Hall–Kier alpha value is -1.46. The third-order valence-electron chi connectivity index (χ3n) is 2.93. The van der Waals surface area contributed by atoms with Gasteiger partial charge in [-0.25, -0.2) is 0 Å². The highest BCUT2D eigenvalue weighted by Gasteiger charge is 2.10. The van der Waals surface area contributed by atoms with Crippen LogP contribution in [0.25, 0.3) is 10.8 Å². The number of halogens is 2. The standard InChI is InChI=1S/C15H17BrN2O2.ClH/c1-19-14-6-5-12-4-3-11(10-18-17)9-13(12)15(14)20-8-2-7-16;/h3-6,9-10H,2,7-8,17H2,1H3;1H/b18-10-;. The fourth-order valence-electron chi connectivity index (χ4n) is 1.99. The zero-order chi connectivity index (χ0) is 14.4. The zero-order valence-corrected chi connectivity index (χ0v) is 14.1. The molecule has 2 aromatic rings. The molecule has 0 aliphatic heterocycles. The second-order valence-electron chi connectivity index (χ2n) is 4.25. The highest BCUT2D eigenvalue weighted by Crippen LogP contribution is 2.36. The minimum absolute atomic E-state index is 0. The van der Waals surface area contributed by atoms with Crippen molar-refractivity contribution in [1.29, 1.82) is 0 Å². The van der Waals surface area contributed by atoms with Gasteiger partial charge in [-0.05, 0) is 29.5 Å². The van der Waals surface area contributed by atoms with E-state index in [2.05, 4.69) is 21.0 Å². The molecular formula is C15H18BrClN2O2. The molecule has 4 nitrogen and oxygen atoms in total. The third kappa shape index (κ3) is 4.25. The summed E-state index contributed by atoms with van der Waals surface area (Å²) in [5.74, 6) is 6.70. The number of nitrogens with zero attached hydrogens (tertiary/aromatic N) is 1. The second kappa shape index (κ2) is 8.74. The summed E-state index contributed by atoms with van der Waals surface area (Å²) >= 11 is 3.40. The van der Waals surface area contributed by atoms with Crippen molar-refractivity contribution < 1.29 is 9.47 Å². The number of rotatable bonds is 6. The summed E-state index contributed by atoms with van der Waals surface area (Å²) in [5.41, 5.74) is 0.929. The van der Waals surface area contributed by atoms with Gasteiger partial charge in [-0.1, -0.05) is 34.1 Å². The molecule has 0 aliphatic rings. The number of hydrazone groups is 1. The van der Waals surface area contributed by atoms with E-state index in [1.54, 1.807) is 13.3 Å². The maximum atomic E-state index is 5.88. The predicted molar refractivity (Wildman–Crippen MR) is 93.4 cm³/mol. The van der Waals surface area contributed by atoms with Gasteiger partial charge in [0.05, 0.1) is 19.9 Å². The molecule has 0 bridgehead atoms. The number of nitrogens with two attached hydrogens (primary N) is 1. The van der Waals surface area contributed by atoms with Crippen LogP contribution in [-0.4, -0.2) is 25.3 Å². The molecule has 0 radical (unpaired) electrons. The normalized spacial score (nSPS) is 10.6. The number of methoxy groups -OCH3 is 1. The average molecular weight is 374 g/mol. The summed E-state index contributed by atoms with van der Waals surface area (Å²) in [6.07, 6.45) is 2.55. The van der Waals surface area contributed by atoms with Gasteiger partial charge in [0.1, 0.15) is 0 Å². The van der Waals surface area contributed by atoms with E-state index < -0.39 is 0 Å². The van der Waals surface area contributed by atoms with E-state index in [0.717, 1.165) is 39.6 Å². The fourth-order valence-corrected chi connectivity index (χ4v) is 2.22. The molecule has 0 amide bonds. The van der Waals surface area contributed by atoms with Gasteiger partial charge in [0.25, 0.3) is 0 Å². The van der Waals surface area contributed by atoms with Crippen LogP contribution < -0.4 is 15.3 Å². The van der Waals surface area contributed by atoms with Crippen molar-refractivity contribution in [2.24, 2.45) is 10.9 Å².